The minimum atomic E-state index is 0.179. The topological polar surface area (TPSA) is 55.6 Å². The number of carbonyl (C=O) groups excluding carboxylic acids is 1. The molecule has 0 heterocycles. The van der Waals surface area contributed by atoms with E-state index in [-0.39, 0.29) is 5.91 Å². The number of carbonyl (C=O) groups is 1. The average Bonchev–Trinajstić information content (AvgIpc) is 2.46. The van der Waals surface area contributed by atoms with E-state index in [9.17, 15) is 4.79 Å². The monoisotopic (exact) mass is 278 g/mol. The minimum Gasteiger partial charge on any atom is -0.383 e. The van der Waals surface area contributed by atoms with Crippen LogP contribution in [0.1, 0.15) is 24.0 Å². The van der Waals surface area contributed by atoms with Gasteiger partial charge in [-0.3, -0.25) is 4.79 Å². The second kappa shape index (κ2) is 9.50. The van der Waals surface area contributed by atoms with Crippen molar-refractivity contribution in [2.75, 3.05) is 33.4 Å². The molecular weight excluding hydrogens is 252 g/mol. The molecule has 4 heteroatoms. The Morgan fingerprint density at radius 1 is 1.30 bits per heavy atom. The zero-order valence-corrected chi connectivity index (χ0v) is 12.6. The third-order valence-electron chi connectivity index (χ3n) is 3.42. The van der Waals surface area contributed by atoms with Crippen LogP contribution in [0.4, 0.5) is 0 Å². The van der Waals surface area contributed by atoms with Crippen molar-refractivity contribution in [3.8, 4) is 0 Å². The Hall–Kier alpha value is -1.39. The number of nitrogens with zero attached hydrogens (tertiary/aromatic N) is 1. The summed E-state index contributed by atoms with van der Waals surface area (Å²) >= 11 is 0. The number of amides is 1. The molecule has 20 heavy (non-hydrogen) atoms. The minimum absolute atomic E-state index is 0.179. The van der Waals surface area contributed by atoms with Crippen LogP contribution in [0.25, 0.3) is 0 Å². The molecule has 0 unspecified atom stereocenters. The van der Waals surface area contributed by atoms with Crippen LogP contribution in [0, 0.1) is 6.92 Å². The van der Waals surface area contributed by atoms with Gasteiger partial charge in [-0.2, -0.15) is 0 Å². The van der Waals surface area contributed by atoms with Gasteiger partial charge in [0.25, 0.3) is 0 Å². The van der Waals surface area contributed by atoms with E-state index in [0.717, 1.165) is 12.8 Å². The van der Waals surface area contributed by atoms with Crippen LogP contribution < -0.4 is 5.73 Å². The van der Waals surface area contributed by atoms with E-state index in [1.807, 2.05) is 17.0 Å². The Bertz CT molecular complexity index is 399. The summed E-state index contributed by atoms with van der Waals surface area (Å²) in [6.45, 7) is 4.61. The first kappa shape index (κ1) is 16.7. The molecule has 0 fully saturated rings. The van der Waals surface area contributed by atoms with Crippen LogP contribution in [0.2, 0.25) is 0 Å². The van der Waals surface area contributed by atoms with E-state index >= 15 is 0 Å². The molecule has 0 saturated heterocycles. The Morgan fingerprint density at radius 3 is 2.70 bits per heavy atom. The van der Waals surface area contributed by atoms with Gasteiger partial charge in [-0.15, -0.1) is 0 Å². The van der Waals surface area contributed by atoms with Gasteiger partial charge in [-0.25, -0.2) is 0 Å². The summed E-state index contributed by atoms with van der Waals surface area (Å²) in [7, 11) is 1.65. The highest BCUT2D eigenvalue weighted by atomic mass is 16.5. The van der Waals surface area contributed by atoms with E-state index in [1.54, 1.807) is 7.11 Å². The largest absolute Gasteiger partial charge is 0.383 e. The average molecular weight is 278 g/mol. The molecule has 0 aromatic heterocycles. The van der Waals surface area contributed by atoms with Gasteiger partial charge in [-0.05, 0) is 37.4 Å². The highest BCUT2D eigenvalue weighted by molar-refractivity contribution is 5.76. The van der Waals surface area contributed by atoms with E-state index < -0.39 is 0 Å². The number of aryl methyl sites for hydroxylation is 2. The summed E-state index contributed by atoms with van der Waals surface area (Å²) in [4.78, 5) is 14.1. The summed E-state index contributed by atoms with van der Waals surface area (Å²) in [5.41, 5.74) is 8.00. The van der Waals surface area contributed by atoms with Crippen LogP contribution in [0.15, 0.2) is 24.3 Å². The van der Waals surface area contributed by atoms with Crippen LogP contribution in [-0.4, -0.2) is 44.2 Å². The predicted octanol–water partition coefficient (Wildman–Crippen LogP) is 1.75. The van der Waals surface area contributed by atoms with Crippen molar-refractivity contribution in [1.82, 2.24) is 4.90 Å². The fraction of sp³-hybridized carbons (Fsp3) is 0.562. The van der Waals surface area contributed by atoms with Gasteiger partial charge in [0.2, 0.25) is 5.91 Å². The molecule has 1 aromatic rings. The van der Waals surface area contributed by atoms with Crippen molar-refractivity contribution in [2.45, 2.75) is 26.2 Å². The standard InChI is InChI=1S/C16H26N2O2/c1-14-6-3-4-7-15(14)8-9-16(19)18(11-5-10-17)12-13-20-2/h3-4,6-7H,5,8-13,17H2,1-2H3. The smallest absolute Gasteiger partial charge is 0.222 e. The first-order valence-corrected chi connectivity index (χ1v) is 7.20. The Kier molecular flexibility index (Phi) is 7.92. The van der Waals surface area contributed by atoms with Crippen molar-refractivity contribution < 1.29 is 9.53 Å². The molecule has 112 valence electrons. The quantitative estimate of drug-likeness (QED) is 0.749. The third kappa shape index (κ3) is 5.72. The highest BCUT2D eigenvalue weighted by Gasteiger charge is 2.13. The van der Waals surface area contributed by atoms with Crippen molar-refractivity contribution in [2.24, 2.45) is 5.73 Å². The number of benzene rings is 1. The molecule has 0 bridgehead atoms. The molecule has 0 saturated carbocycles. The number of hydrogen-bond donors (Lipinski definition) is 1. The van der Waals surface area contributed by atoms with Gasteiger partial charge >= 0.3 is 0 Å². The van der Waals surface area contributed by atoms with E-state index in [0.29, 0.717) is 32.7 Å². The van der Waals surface area contributed by atoms with Crippen LogP contribution in [0.5, 0.6) is 0 Å². The molecule has 0 spiro atoms. The van der Waals surface area contributed by atoms with Crippen LogP contribution >= 0.6 is 0 Å². The second-order valence-corrected chi connectivity index (χ2v) is 4.94. The highest BCUT2D eigenvalue weighted by Crippen LogP contribution is 2.10. The van der Waals surface area contributed by atoms with Gasteiger partial charge < -0.3 is 15.4 Å². The molecule has 1 rings (SSSR count). The normalized spacial score (nSPS) is 10.6. The maximum Gasteiger partial charge on any atom is 0.222 e. The molecule has 2 N–H and O–H groups in total. The molecular formula is C16H26N2O2. The van der Waals surface area contributed by atoms with Crippen molar-refractivity contribution in [1.29, 1.82) is 0 Å². The summed E-state index contributed by atoms with van der Waals surface area (Å²) in [6.07, 6.45) is 2.16. The lowest BCUT2D eigenvalue weighted by atomic mass is 10.0. The summed E-state index contributed by atoms with van der Waals surface area (Å²) in [5, 5.41) is 0. The predicted molar refractivity (Wildman–Crippen MR) is 81.6 cm³/mol. The van der Waals surface area contributed by atoms with E-state index in [1.165, 1.54) is 11.1 Å². The fourth-order valence-corrected chi connectivity index (χ4v) is 2.14. The molecule has 0 atom stereocenters. The van der Waals surface area contributed by atoms with Crippen molar-refractivity contribution in [3.05, 3.63) is 35.4 Å². The molecule has 4 nitrogen and oxygen atoms in total. The van der Waals surface area contributed by atoms with Crippen LogP contribution in [-0.2, 0) is 16.0 Å². The van der Waals surface area contributed by atoms with Gasteiger partial charge in [0, 0.05) is 26.6 Å². The zero-order valence-electron chi connectivity index (χ0n) is 12.6. The van der Waals surface area contributed by atoms with Gasteiger partial charge in [0.15, 0.2) is 0 Å². The first-order valence-electron chi connectivity index (χ1n) is 7.20. The lowest BCUT2D eigenvalue weighted by molar-refractivity contribution is -0.131. The van der Waals surface area contributed by atoms with Gasteiger partial charge in [0.05, 0.1) is 6.61 Å². The molecule has 1 aromatic carbocycles. The van der Waals surface area contributed by atoms with Crippen molar-refractivity contribution in [3.63, 3.8) is 0 Å². The van der Waals surface area contributed by atoms with Crippen LogP contribution in [0.3, 0.4) is 0 Å². The molecule has 0 aliphatic heterocycles. The number of ether oxygens (including phenoxy) is 1. The maximum absolute atomic E-state index is 12.3. The number of methoxy groups -OCH3 is 1. The zero-order chi connectivity index (χ0) is 14.8. The van der Waals surface area contributed by atoms with Crippen molar-refractivity contribution >= 4 is 5.91 Å². The molecule has 0 aliphatic carbocycles. The lowest BCUT2D eigenvalue weighted by Crippen LogP contribution is -2.35. The summed E-state index contributed by atoms with van der Waals surface area (Å²) in [6, 6.07) is 8.20. The molecule has 0 radical (unpaired) electrons. The first-order chi connectivity index (χ1) is 9.69. The van der Waals surface area contributed by atoms with Gasteiger partial charge in [0.1, 0.15) is 0 Å². The van der Waals surface area contributed by atoms with E-state index in [4.69, 9.17) is 10.5 Å². The number of hydrogen-bond acceptors (Lipinski definition) is 3. The number of rotatable bonds is 9. The number of nitrogens with two attached hydrogens (primary N) is 1. The SMILES string of the molecule is COCCN(CCCN)C(=O)CCc1ccccc1C. The fourth-order valence-electron chi connectivity index (χ4n) is 2.14. The Morgan fingerprint density at radius 2 is 2.05 bits per heavy atom. The Labute approximate surface area is 121 Å². The van der Waals surface area contributed by atoms with Gasteiger partial charge in [-0.1, -0.05) is 24.3 Å². The second-order valence-electron chi connectivity index (χ2n) is 4.94. The third-order valence-corrected chi connectivity index (χ3v) is 3.42. The summed E-state index contributed by atoms with van der Waals surface area (Å²) < 4.78 is 5.06. The molecule has 1 amide bonds. The lowest BCUT2D eigenvalue weighted by Gasteiger charge is -2.22. The maximum atomic E-state index is 12.3. The van der Waals surface area contributed by atoms with E-state index in [2.05, 4.69) is 19.1 Å². The Balaban J connectivity index is 2.50. The summed E-state index contributed by atoms with van der Waals surface area (Å²) in [5.74, 6) is 0.179. The molecule has 0 aliphatic rings.